The van der Waals surface area contributed by atoms with Crippen LogP contribution in [0.3, 0.4) is 0 Å². The topological polar surface area (TPSA) is 95.4 Å². The Morgan fingerprint density at radius 2 is 1.67 bits per heavy atom. The standard InChI is InChI=1S/C17H26N6O4/c24-23(25)15-3-1-14(2-4-15)22-17(21-7-11-27-12-8-21)16(18-19-22)13-20-5-9-26-10-6-20/h1-4,16-19H,5-13H2. The smallest absolute Gasteiger partial charge is 0.269 e. The molecule has 10 nitrogen and oxygen atoms in total. The van der Waals surface area contributed by atoms with Crippen LogP contribution in [0.1, 0.15) is 0 Å². The van der Waals surface area contributed by atoms with Crippen LogP contribution in [0.2, 0.25) is 0 Å². The number of rotatable bonds is 5. The average molecular weight is 378 g/mol. The number of hydrogen-bond acceptors (Lipinski definition) is 9. The van der Waals surface area contributed by atoms with E-state index < -0.39 is 0 Å². The van der Waals surface area contributed by atoms with E-state index in [1.165, 1.54) is 0 Å². The summed E-state index contributed by atoms with van der Waals surface area (Å²) >= 11 is 0. The first kappa shape index (κ1) is 18.5. The number of anilines is 1. The van der Waals surface area contributed by atoms with Gasteiger partial charge in [-0.3, -0.25) is 24.9 Å². The number of non-ortho nitro benzene ring substituents is 1. The fourth-order valence-electron chi connectivity index (χ4n) is 3.89. The summed E-state index contributed by atoms with van der Waals surface area (Å²) in [4.78, 5) is 15.4. The molecule has 0 aromatic heterocycles. The SMILES string of the molecule is O=[N+]([O-])c1ccc(N2NNC(CN3CCOCC3)C2N2CCOCC2)cc1. The molecular formula is C17H26N6O4. The zero-order valence-electron chi connectivity index (χ0n) is 15.2. The Balaban J connectivity index is 1.53. The molecule has 3 aliphatic heterocycles. The highest BCUT2D eigenvalue weighted by Gasteiger charge is 2.40. The molecule has 2 atom stereocenters. The van der Waals surface area contributed by atoms with Crippen LogP contribution >= 0.6 is 0 Å². The Morgan fingerprint density at radius 3 is 2.30 bits per heavy atom. The van der Waals surface area contributed by atoms with Crippen molar-refractivity contribution in [2.45, 2.75) is 12.2 Å². The molecule has 0 aliphatic carbocycles. The Morgan fingerprint density at radius 1 is 1.04 bits per heavy atom. The van der Waals surface area contributed by atoms with Gasteiger partial charge in [0.2, 0.25) is 0 Å². The second kappa shape index (κ2) is 8.46. The van der Waals surface area contributed by atoms with Gasteiger partial charge in [0.25, 0.3) is 5.69 Å². The van der Waals surface area contributed by atoms with Crippen LogP contribution in [-0.2, 0) is 9.47 Å². The van der Waals surface area contributed by atoms with E-state index in [0.717, 1.165) is 64.8 Å². The van der Waals surface area contributed by atoms with Crippen molar-refractivity contribution in [3.63, 3.8) is 0 Å². The number of nitro groups is 1. The number of hydrogen-bond donors (Lipinski definition) is 2. The van der Waals surface area contributed by atoms with Gasteiger partial charge < -0.3 is 9.47 Å². The minimum absolute atomic E-state index is 0.0956. The Kier molecular flexibility index (Phi) is 5.81. The summed E-state index contributed by atoms with van der Waals surface area (Å²) in [6, 6.07) is 6.86. The van der Waals surface area contributed by atoms with Crippen LogP contribution in [0.15, 0.2) is 24.3 Å². The molecule has 148 valence electrons. The zero-order chi connectivity index (χ0) is 18.6. The van der Waals surface area contributed by atoms with Crippen LogP contribution in [0, 0.1) is 10.1 Å². The van der Waals surface area contributed by atoms with Gasteiger partial charge >= 0.3 is 0 Å². The lowest BCUT2D eigenvalue weighted by molar-refractivity contribution is -0.384. The van der Waals surface area contributed by atoms with Crippen molar-refractivity contribution in [1.29, 1.82) is 0 Å². The van der Waals surface area contributed by atoms with Crippen LogP contribution in [-0.4, -0.2) is 86.1 Å². The van der Waals surface area contributed by atoms with Crippen molar-refractivity contribution in [1.82, 2.24) is 20.8 Å². The highest BCUT2D eigenvalue weighted by Crippen LogP contribution is 2.25. The molecule has 2 N–H and O–H groups in total. The highest BCUT2D eigenvalue weighted by atomic mass is 16.6. The summed E-state index contributed by atoms with van der Waals surface area (Å²) in [5.74, 6) is 0. The largest absolute Gasteiger partial charge is 0.379 e. The number of ether oxygens (including phenoxy) is 2. The highest BCUT2D eigenvalue weighted by molar-refractivity contribution is 5.51. The van der Waals surface area contributed by atoms with Crippen LogP contribution < -0.4 is 16.0 Å². The summed E-state index contributed by atoms with van der Waals surface area (Å²) in [6.45, 7) is 7.47. The van der Waals surface area contributed by atoms with Crippen molar-refractivity contribution >= 4 is 11.4 Å². The summed E-state index contributed by atoms with van der Waals surface area (Å²) < 4.78 is 11.0. The molecule has 0 bridgehead atoms. The van der Waals surface area contributed by atoms with Gasteiger partial charge in [0.05, 0.1) is 43.1 Å². The van der Waals surface area contributed by atoms with Crippen LogP contribution in [0.5, 0.6) is 0 Å². The van der Waals surface area contributed by atoms with Gasteiger partial charge in [-0.05, 0) is 12.1 Å². The third-order valence-electron chi connectivity index (χ3n) is 5.31. The molecule has 0 amide bonds. The first-order valence-electron chi connectivity index (χ1n) is 9.39. The minimum atomic E-state index is -0.375. The molecule has 1 aromatic carbocycles. The fraction of sp³-hybridized carbons (Fsp3) is 0.647. The Bertz CT molecular complexity index is 633. The van der Waals surface area contributed by atoms with Crippen molar-refractivity contribution in [3.8, 4) is 0 Å². The monoisotopic (exact) mass is 378 g/mol. The number of nitrogens with one attached hydrogen (secondary N) is 2. The minimum Gasteiger partial charge on any atom is -0.379 e. The Labute approximate surface area is 158 Å². The van der Waals surface area contributed by atoms with Crippen molar-refractivity contribution in [2.75, 3.05) is 64.2 Å². The average Bonchev–Trinajstić information content (AvgIpc) is 3.13. The number of nitrogens with zero attached hydrogens (tertiary/aromatic N) is 4. The van der Waals surface area contributed by atoms with Gasteiger partial charge in [0.1, 0.15) is 6.17 Å². The third kappa shape index (κ3) is 4.21. The molecule has 4 rings (SSSR count). The molecular weight excluding hydrogens is 352 g/mol. The fourth-order valence-corrected chi connectivity index (χ4v) is 3.89. The quantitative estimate of drug-likeness (QED) is 0.533. The molecule has 3 fully saturated rings. The maximum atomic E-state index is 10.9. The predicted molar refractivity (Wildman–Crippen MR) is 99.1 cm³/mol. The number of morpholine rings is 2. The first-order chi connectivity index (χ1) is 13.2. The summed E-state index contributed by atoms with van der Waals surface area (Å²) in [6.07, 6.45) is 0.0956. The molecule has 3 aliphatic rings. The van der Waals surface area contributed by atoms with Gasteiger partial charge in [0, 0.05) is 44.9 Å². The van der Waals surface area contributed by atoms with Gasteiger partial charge in [0.15, 0.2) is 0 Å². The van der Waals surface area contributed by atoms with Gasteiger partial charge in [-0.2, -0.15) is 5.53 Å². The zero-order valence-corrected chi connectivity index (χ0v) is 15.2. The van der Waals surface area contributed by atoms with E-state index in [1.54, 1.807) is 24.3 Å². The second-order valence-electron chi connectivity index (χ2n) is 6.98. The van der Waals surface area contributed by atoms with Crippen molar-refractivity contribution < 1.29 is 14.4 Å². The second-order valence-corrected chi connectivity index (χ2v) is 6.98. The molecule has 0 saturated carbocycles. The van der Waals surface area contributed by atoms with E-state index >= 15 is 0 Å². The van der Waals surface area contributed by atoms with E-state index in [4.69, 9.17) is 9.47 Å². The lowest BCUT2D eigenvalue weighted by Gasteiger charge is -2.40. The molecule has 0 radical (unpaired) electrons. The Hall–Kier alpha value is -1.82. The summed E-state index contributed by atoms with van der Waals surface area (Å²) in [5, 5.41) is 13.0. The number of nitro benzene ring substituents is 1. The van der Waals surface area contributed by atoms with Crippen molar-refractivity contribution in [3.05, 3.63) is 34.4 Å². The van der Waals surface area contributed by atoms with Gasteiger partial charge in [-0.15, -0.1) is 0 Å². The van der Waals surface area contributed by atoms with E-state index in [9.17, 15) is 10.1 Å². The molecule has 1 aromatic rings. The predicted octanol–water partition coefficient (Wildman–Crippen LogP) is -0.217. The van der Waals surface area contributed by atoms with Gasteiger partial charge in [-0.25, -0.2) is 5.43 Å². The van der Waals surface area contributed by atoms with Crippen LogP contribution in [0.25, 0.3) is 0 Å². The lowest BCUT2D eigenvalue weighted by atomic mass is 10.1. The van der Waals surface area contributed by atoms with Crippen LogP contribution in [0.4, 0.5) is 11.4 Å². The molecule has 10 heteroatoms. The van der Waals surface area contributed by atoms with Gasteiger partial charge in [-0.1, -0.05) is 0 Å². The molecule has 27 heavy (non-hydrogen) atoms. The summed E-state index contributed by atoms with van der Waals surface area (Å²) in [7, 11) is 0. The third-order valence-corrected chi connectivity index (χ3v) is 5.31. The van der Waals surface area contributed by atoms with E-state index in [0.29, 0.717) is 0 Å². The molecule has 2 unspecified atom stereocenters. The molecule has 3 saturated heterocycles. The van der Waals surface area contributed by atoms with Crippen molar-refractivity contribution in [2.24, 2.45) is 0 Å². The molecule has 3 heterocycles. The first-order valence-corrected chi connectivity index (χ1v) is 9.39. The number of hydrazine groups is 2. The maximum Gasteiger partial charge on any atom is 0.269 e. The number of benzene rings is 1. The maximum absolute atomic E-state index is 10.9. The van der Waals surface area contributed by atoms with E-state index in [-0.39, 0.29) is 22.8 Å². The summed E-state index contributed by atoms with van der Waals surface area (Å²) in [5.41, 5.74) is 7.69. The van der Waals surface area contributed by atoms with E-state index in [1.807, 2.05) is 0 Å². The lowest BCUT2D eigenvalue weighted by Crippen LogP contribution is -2.58. The molecule has 0 spiro atoms. The normalized spacial score (nSPS) is 27.8. The van der Waals surface area contributed by atoms with E-state index in [2.05, 4.69) is 25.8 Å².